The molecule has 5 aromatic rings. The third-order valence-corrected chi connectivity index (χ3v) is 10.8. The number of carbonyl (C=O) groups excluding carboxylic acids is 5. The molecule has 0 radical (unpaired) electrons. The van der Waals surface area contributed by atoms with E-state index in [9.17, 15) is 24.0 Å². The van der Waals surface area contributed by atoms with E-state index in [0.717, 1.165) is 94.7 Å². The van der Waals surface area contributed by atoms with Gasteiger partial charge in [-0.3, -0.25) is 34.0 Å². The van der Waals surface area contributed by atoms with Gasteiger partial charge in [-0.25, -0.2) is 4.68 Å². The number of amides is 3. The summed E-state index contributed by atoms with van der Waals surface area (Å²) in [5, 5.41) is 7.47. The lowest BCUT2D eigenvalue weighted by Gasteiger charge is -2.36. The fraction of sp³-hybridized carbons (Fsp3) is 0.295. The van der Waals surface area contributed by atoms with Gasteiger partial charge in [0.15, 0.2) is 5.78 Å². The van der Waals surface area contributed by atoms with Crippen molar-refractivity contribution in [1.29, 1.82) is 0 Å². The van der Waals surface area contributed by atoms with Crippen LogP contribution < -0.4 is 15.0 Å². The summed E-state index contributed by atoms with van der Waals surface area (Å²) in [5.74, 6) is -0.126. The average molecular weight is 768 g/mol. The van der Waals surface area contributed by atoms with Crippen molar-refractivity contribution < 1.29 is 28.7 Å². The van der Waals surface area contributed by atoms with E-state index in [1.54, 1.807) is 25.4 Å². The van der Waals surface area contributed by atoms with Crippen LogP contribution in [0.1, 0.15) is 51.1 Å². The molecule has 13 nitrogen and oxygen atoms in total. The minimum Gasteiger partial charge on any atom is -0.492 e. The summed E-state index contributed by atoms with van der Waals surface area (Å²) >= 11 is 0. The summed E-state index contributed by atoms with van der Waals surface area (Å²) in [7, 11) is 1.43. The summed E-state index contributed by atoms with van der Waals surface area (Å²) < 4.78 is 8.02. The van der Waals surface area contributed by atoms with Crippen LogP contribution in [-0.4, -0.2) is 107 Å². The largest absolute Gasteiger partial charge is 0.492 e. The summed E-state index contributed by atoms with van der Waals surface area (Å²) in [6.07, 6.45) is 7.98. The Balaban J connectivity index is 0.952. The van der Waals surface area contributed by atoms with E-state index >= 15 is 0 Å². The summed E-state index contributed by atoms with van der Waals surface area (Å²) in [4.78, 5) is 71.0. The molecule has 3 aromatic carbocycles. The number of fused-ring (bicyclic) bond motifs is 1. The van der Waals surface area contributed by atoms with Crippen molar-refractivity contribution in [3.63, 3.8) is 0 Å². The molecule has 1 N–H and O–H groups in total. The lowest BCUT2D eigenvalue weighted by molar-refractivity contribution is -0.131. The monoisotopic (exact) mass is 767 g/mol. The van der Waals surface area contributed by atoms with Gasteiger partial charge in [-0.2, -0.15) is 5.10 Å². The van der Waals surface area contributed by atoms with Gasteiger partial charge in [0.25, 0.3) is 5.91 Å². The number of hydrogen-bond donors (Lipinski definition) is 1. The first-order chi connectivity index (χ1) is 27.8. The number of nitrogens with one attached hydrogen (secondary N) is 1. The Bertz CT molecular complexity index is 2260. The number of ether oxygens (including phenoxy) is 1. The van der Waals surface area contributed by atoms with E-state index < -0.39 is 17.9 Å². The third-order valence-electron chi connectivity index (χ3n) is 10.8. The number of likely N-dealkylation sites (N-methyl/N-ethyl adjacent to an activating group) is 1. The molecule has 1 unspecified atom stereocenters. The van der Waals surface area contributed by atoms with Gasteiger partial charge in [-0.15, -0.1) is 0 Å². The Labute approximate surface area is 331 Å². The molecule has 1 aliphatic carbocycles. The third kappa shape index (κ3) is 8.53. The highest BCUT2D eigenvalue weighted by molar-refractivity contribution is 6.05. The average Bonchev–Trinajstić information content (AvgIpc) is 3.87. The van der Waals surface area contributed by atoms with E-state index in [1.165, 1.54) is 7.05 Å². The summed E-state index contributed by atoms with van der Waals surface area (Å²) in [6, 6.07) is 22.3. The van der Waals surface area contributed by atoms with Crippen LogP contribution in [0.3, 0.4) is 0 Å². The van der Waals surface area contributed by atoms with Crippen molar-refractivity contribution in [1.82, 2.24) is 29.9 Å². The maximum atomic E-state index is 13.6. The van der Waals surface area contributed by atoms with Gasteiger partial charge >= 0.3 is 0 Å². The van der Waals surface area contributed by atoms with E-state index in [-0.39, 0.29) is 18.6 Å². The van der Waals surface area contributed by atoms with Crippen molar-refractivity contribution in [2.24, 2.45) is 0 Å². The normalized spacial score (nSPS) is 14.5. The maximum absolute atomic E-state index is 13.6. The van der Waals surface area contributed by atoms with E-state index in [2.05, 4.69) is 26.2 Å². The molecule has 1 saturated heterocycles. The summed E-state index contributed by atoms with van der Waals surface area (Å²) in [5.41, 5.74) is 8.44. The number of benzene rings is 3. The summed E-state index contributed by atoms with van der Waals surface area (Å²) in [6.45, 7) is 6.12. The number of carbonyl (C=O) groups is 5. The molecule has 1 fully saturated rings. The van der Waals surface area contributed by atoms with Gasteiger partial charge in [0.1, 0.15) is 30.4 Å². The molecule has 3 amide bonds. The van der Waals surface area contributed by atoms with Crippen LogP contribution in [-0.2, 0) is 20.8 Å². The number of nitrogens with zero attached hydrogens (tertiary/aromatic N) is 6. The van der Waals surface area contributed by atoms with Gasteiger partial charge in [0.2, 0.25) is 12.3 Å². The first kappa shape index (κ1) is 38.8. The molecule has 0 spiro atoms. The van der Waals surface area contributed by atoms with Crippen molar-refractivity contribution in [2.75, 3.05) is 51.3 Å². The van der Waals surface area contributed by atoms with Crippen molar-refractivity contribution in [2.45, 2.75) is 38.6 Å². The van der Waals surface area contributed by atoms with Crippen LogP contribution in [0.2, 0.25) is 0 Å². The van der Waals surface area contributed by atoms with Crippen LogP contribution in [0.15, 0.2) is 91.4 Å². The number of aryl methyl sites for hydroxylation is 2. The first-order valence-electron chi connectivity index (χ1n) is 19.2. The number of imide groups is 1. The zero-order valence-corrected chi connectivity index (χ0v) is 32.1. The Kier molecular flexibility index (Phi) is 11.9. The Morgan fingerprint density at radius 2 is 1.65 bits per heavy atom. The Morgan fingerprint density at radius 3 is 2.37 bits per heavy atom. The number of aromatic nitrogens is 3. The van der Waals surface area contributed by atoms with E-state index in [1.807, 2.05) is 71.5 Å². The standard InChI is InChI=1S/C44H45N7O6/c1-30-5-8-35(27-38(30)44(56)50(29-53)40(4-3-24-52)43(55)45-2)49-21-19-48(20-22-49)23-25-57-36-11-9-34(10-12-36)51-28-39(42(47-51)31-15-17-46-18-16-31)33-6-13-37-32(26-33)7-14-41(37)54/h5-6,8-13,15-18,24,26-29,40H,3-4,7,14,19-23,25H2,1-2H3,(H,45,55). The zero-order chi connectivity index (χ0) is 39.9. The highest BCUT2D eigenvalue weighted by Gasteiger charge is 2.31. The predicted octanol–water partition coefficient (Wildman–Crippen LogP) is 4.93. The minimum absolute atomic E-state index is 0.0428. The number of anilines is 1. The molecule has 2 aromatic heterocycles. The van der Waals surface area contributed by atoms with Gasteiger partial charge in [0.05, 0.1) is 5.69 Å². The molecule has 2 aliphatic rings. The SMILES string of the molecule is CNC(=O)C(CCC=O)N(C=O)C(=O)c1cc(N2CCN(CCOc3ccc(-n4cc(-c5ccc6c(c5)CCC6=O)c(-c5ccncc5)n4)cc3)CC2)ccc1C. The highest BCUT2D eigenvalue weighted by atomic mass is 16.5. The number of ketones is 1. The molecule has 57 heavy (non-hydrogen) atoms. The van der Waals surface area contributed by atoms with Crippen LogP contribution in [0, 0.1) is 6.92 Å². The molecule has 3 heterocycles. The molecular formula is C44H45N7O6. The molecular weight excluding hydrogens is 723 g/mol. The van der Waals surface area contributed by atoms with Crippen LogP contribution in [0.5, 0.6) is 5.75 Å². The number of Topliss-reactive ketones (excluding diaryl/α,β-unsaturated/α-hetero) is 1. The minimum atomic E-state index is -1.08. The Hall–Kier alpha value is -6.47. The van der Waals surface area contributed by atoms with E-state index in [0.29, 0.717) is 36.9 Å². The molecule has 292 valence electrons. The zero-order valence-electron chi connectivity index (χ0n) is 32.1. The molecule has 1 atom stereocenters. The second-order valence-electron chi connectivity index (χ2n) is 14.2. The van der Waals surface area contributed by atoms with Gasteiger partial charge in [-0.1, -0.05) is 24.3 Å². The predicted molar refractivity (Wildman–Crippen MR) is 216 cm³/mol. The van der Waals surface area contributed by atoms with Crippen LogP contribution in [0.25, 0.3) is 28.1 Å². The molecule has 1 aliphatic heterocycles. The quantitative estimate of drug-likeness (QED) is 0.146. The second-order valence-corrected chi connectivity index (χ2v) is 14.2. The molecule has 7 rings (SSSR count). The van der Waals surface area contributed by atoms with Gasteiger partial charge in [-0.05, 0) is 85.0 Å². The van der Waals surface area contributed by atoms with Crippen molar-refractivity contribution >= 4 is 36.0 Å². The second kappa shape index (κ2) is 17.5. The smallest absolute Gasteiger partial charge is 0.261 e. The fourth-order valence-electron chi connectivity index (χ4n) is 7.51. The lowest BCUT2D eigenvalue weighted by atomic mass is 9.98. The van der Waals surface area contributed by atoms with Crippen molar-refractivity contribution in [3.05, 3.63) is 114 Å². The molecule has 0 saturated carbocycles. The lowest BCUT2D eigenvalue weighted by Crippen LogP contribution is -2.48. The van der Waals surface area contributed by atoms with E-state index in [4.69, 9.17) is 9.84 Å². The van der Waals surface area contributed by atoms with Crippen LogP contribution >= 0.6 is 0 Å². The number of pyridine rings is 1. The van der Waals surface area contributed by atoms with Crippen molar-refractivity contribution in [3.8, 4) is 33.8 Å². The number of hydrogen-bond acceptors (Lipinski definition) is 10. The fourth-order valence-corrected chi connectivity index (χ4v) is 7.51. The number of rotatable bonds is 15. The highest BCUT2D eigenvalue weighted by Crippen LogP contribution is 2.35. The van der Waals surface area contributed by atoms with Gasteiger partial charge < -0.3 is 19.7 Å². The Morgan fingerprint density at radius 1 is 0.895 bits per heavy atom. The first-order valence-corrected chi connectivity index (χ1v) is 19.2. The molecule has 0 bridgehead atoms. The molecule has 13 heteroatoms. The number of aldehydes is 1. The topological polar surface area (TPSA) is 147 Å². The number of piperazine rings is 1. The maximum Gasteiger partial charge on any atom is 0.261 e. The van der Waals surface area contributed by atoms with Crippen LogP contribution in [0.4, 0.5) is 5.69 Å². The van der Waals surface area contributed by atoms with Gasteiger partial charge in [0, 0.05) is 99.1 Å².